The molecule has 0 amide bonds. The lowest BCUT2D eigenvalue weighted by Gasteiger charge is -2.00. The molecule has 0 radical (unpaired) electrons. The fraction of sp³-hybridized carbons (Fsp3) is 0.300. The number of hydrogen-bond donors (Lipinski definition) is 1. The van der Waals surface area contributed by atoms with E-state index in [0.29, 0.717) is 0 Å². The van der Waals surface area contributed by atoms with Crippen LogP contribution in [0.4, 0.5) is 0 Å². The predicted octanol–water partition coefficient (Wildman–Crippen LogP) is 1.94. The second-order valence-electron chi connectivity index (χ2n) is 2.79. The first-order valence-corrected chi connectivity index (χ1v) is 4.02. The van der Waals surface area contributed by atoms with Gasteiger partial charge < -0.3 is 5.43 Å². The van der Waals surface area contributed by atoms with Crippen LogP contribution in [0, 0.1) is 6.92 Å². The van der Waals surface area contributed by atoms with Gasteiger partial charge in [-0.05, 0) is 19.4 Å². The van der Waals surface area contributed by atoms with Crippen LogP contribution in [0.3, 0.4) is 0 Å². The van der Waals surface area contributed by atoms with E-state index in [-0.39, 0.29) is 0 Å². The molecule has 0 atom stereocenters. The van der Waals surface area contributed by atoms with E-state index in [1.165, 1.54) is 5.56 Å². The third-order valence-corrected chi connectivity index (χ3v) is 1.75. The minimum Gasteiger partial charge on any atom is -0.313 e. The van der Waals surface area contributed by atoms with E-state index in [4.69, 9.17) is 0 Å². The van der Waals surface area contributed by atoms with Gasteiger partial charge in [0.05, 0.1) is 5.71 Å². The van der Waals surface area contributed by atoms with Crippen molar-refractivity contribution in [1.82, 2.24) is 5.43 Å². The summed E-state index contributed by atoms with van der Waals surface area (Å²) < 4.78 is 0. The van der Waals surface area contributed by atoms with Gasteiger partial charge in [-0.3, -0.25) is 0 Å². The van der Waals surface area contributed by atoms with Crippen molar-refractivity contribution >= 4 is 5.71 Å². The fourth-order valence-corrected chi connectivity index (χ4v) is 1.03. The van der Waals surface area contributed by atoms with Gasteiger partial charge in [-0.2, -0.15) is 5.10 Å². The highest BCUT2D eigenvalue weighted by atomic mass is 15.3. The summed E-state index contributed by atoms with van der Waals surface area (Å²) in [5.74, 6) is 0. The van der Waals surface area contributed by atoms with Gasteiger partial charge in [0.2, 0.25) is 0 Å². The van der Waals surface area contributed by atoms with Crippen molar-refractivity contribution in [2.75, 3.05) is 7.05 Å². The normalized spacial score (nSPS) is 11.4. The molecule has 1 N–H and O–H groups in total. The molecule has 2 nitrogen and oxygen atoms in total. The van der Waals surface area contributed by atoms with Crippen LogP contribution >= 0.6 is 0 Å². The minimum absolute atomic E-state index is 1.01. The highest BCUT2D eigenvalue weighted by molar-refractivity contribution is 5.98. The van der Waals surface area contributed by atoms with Crippen molar-refractivity contribution in [2.45, 2.75) is 13.8 Å². The number of nitrogens with zero attached hydrogens (tertiary/aromatic N) is 1. The summed E-state index contributed by atoms with van der Waals surface area (Å²) >= 11 is 0. The topological polar surface area (TPSA) is 24.4 Å². The number of nitrogens with one attached hydrogen (secondary N) is 1. The van der Waals surface area contributed by atoms with E-state index in [9.17, 15) is 0 Å². The Hall–Kier alpha value is -1.31. The van der Waals surface area contributed by atoms with Crippen molar-refractivity contribution in [3.05, 3.63) is 35.4 Å². The number of hydrazone groups is 1. The Morgan fingerprint density at radius 3 is 2.33 bits per heavy atom. The molecule has 0 saturated carbocycles. The van der Waals surface area contributed by atoms with Gasteiger partial charge in [0.15, 0.2) is 0 Å². The molecule has 0 spiro atoms. The Morgan fingerprint density at radius 1 is 1.25 bits per heavy atom. The average Bonchev–Trinajstić information content (AvgIpc) is 2.06. The van der Waals surface area contributed by atoms with Crippen LogP contribution in [-0.2, 0) is 0 Å². The molecule has 0 bridgehead atoms. The van der Waals surface area contributed by atoms with Crippen molar-refractivity contribution < 1.29 is 0 Å². The molecular weight excluding hydrogens is 148 g/mol. The van der Waals surface area contributed by atoms with Crippen LogP contribution < -0.4 is 5.43 Å². The molecule has 2 heteroatoms. The molecule has 0 unspecified atom stereocenters. The molecule has 0 aliphatic carbocycles. The number of aryl methyl sites for hydroxylation is 1. The first kappa shape index (κ1) is 8.78. The summed E-state index contributed by atoms with van der Waals surface area (Å²) in [7, 11) is 1.80. The van der Waals surface area contributed by atoms with Crippen LogP contribution in [0.2, 0.25) is 0 Å². The molecule has 12 heavy (non-hydrogen) atoms. The third-order valence-electron chi connectivity index (χ3n) is 1.75. The molecule has 64 valence electrons. The van der Waals surface area contributed by atoms with Gasteiger partial charge in [-0.1, -0.05) is 29.8 Å². The lowest BCUT2D eigenvalue weighted by molar-refractivity contribution is 0.900. The molecule has 0 fully saturated rings. The average molecular weight is 162 g/mol. The fourth-order valence-electron chi connectivity index (χ4n) is 1.03. The first-order valence-electron chi connectivity index (χ1n) is 4.02. The van der Waals surface area contributed by atoms with Crippen molar-refractivity contribution in [2.24, 2.45) is 5.10 Å². The summed E-state index contributed by atoms with van der Waals surface area (Å²) in [6, 6.07) is 8.32. The Kier molecular flexibility index (Phi) is 2.86. The van der Waals surface area contributed by atoms with Gasteiger partial charge in [0.1, 0.15) is 0 Å². The van der Waals surface area contributed by atoms with E-state index < -0.39 is 0 Å². The summed E-state index contributed by atoms with van der Waals surface area (Å²) in [5, 5.41) is 4.09. The van der Waals surface area contributed by atoms with Crippen LogP contribution in [0.25, 0.3) is 0 Å². The second-order valence-corrected chi connectivity index (χ2v) is 2.79. The maximum atomic E-state index is 4.09. The van der Waals surface area contributed by atoms with Gasteiger partial charge in [-0.15, -0.1) is 0 Å². The Morgan fingerprint density at radius 2 is 1.83 bits per heavy atom. The molecule has 0 aliphatic heterocycles. The lowest BCUT2D eigenvalue weighted by Crippen LogP contribution is -2.02. The smallest absolute Gasteiger partial charge is 0.0644 e. The first-order chi connectivity index (χ1) is 5.74. The van der Waals surface area contributed by atoms with E-state index in [1.807, 2.05) is 6.92 Å². The molecule has 1 aromatic rings. The zero-order valence-corrected chi connectivity index (χ0v) is 7.76. The van der Waals surface area contributed by atoms with Crippen molar-refractivity contribution in [1.29, 1.82) is 0 Å². The summed E-state index contributed by atoms with van der Waals surface area (Å²) in [6.45, 7) is 4.06. The molecule has 0 saturated heterocycles. The Labute approximate surface area is 73.3 Å². The largest absolute Gasteiger partial charge is 0.313 e. The quantitative estimate of drug-likeness (QED) is 0.521. The second kappa shape index (κ2) is 3.90. The molecule has 0 aliphatic rings. The third kappa shape index (κ3) is 2.09. The van der Waals surface area contributed by atoms with Gasteiger partial charge in [0, 0.05) is 7.05 Å². The molecule has 0 aromatic heterocycles. The van der Waals surface area contributed by atoms with E-state index in [0.717, 1.165) is 11.3 Å². The number of rotatable bonds is 2. The predicted molar refractivity (Wildman–Crippen MR) is 52.4 cm³/mol. The highest BCUT2D eigenvalue weighted by Gasteiger charge is 1.94. The Bertz CT molecular complexity index is 272. The Balaban J connectivity index is 2.89. The summed E-state index contributed by atoms with van der Waals surface area (Å²) in [6.07, 6.45) is 0. The summed E-state index contributed by atoms with van der Waals surface area (Å²) in [5.41, 5.74) is 6.22. The van der Waals surface area contributed by atoms with Crippen LogP contribution in [-0.4, -0.2) is 12.8 Å². The van der Waals surface area contributed by atoms with Gasteiger partial charge in [-0.25, -0.2) is 0 Å². The molecule has 1 rings (SSSR count). The SMILES string of the molecule is CN/N=C(\C)c1ccc(C)cc1. The number of benzene rings is 1. The maximum Gasteiger partial charge on any atom is 0.0644 e. The maximum absolute atomic E-state index is 4.09. The molecule has 0 heterocycles. The minimum atomic E-state index is 1.01. The number of hydrogen-bond acceptors (Lipinski definition) is 2. The monoisotopic (exact) mass is 162 g/mol. The lowest BCUT2D eigenvalue weighted by atomic mass is 10.1. The van der Waals surface area contributed by atoms with Gasteiger partial charge >= 0.3 is 0 Å². The van der Waals surface area contributed by atoms with Crippen LogP contribution in [0.15, 0.2) is 29.4 Å². The van der Waals surface area contributed by atoms with Crippen LogP contribution in [0.5, 0.6) is 0 Å². The molecule has 1 aromatic carbocycles. The van der Waals surface area contributed by atoms with E-state index in [1.54, 1.807) is 7.05 Å². The standard InChI is InChI=1S/C10H14N2/c1-8-4-6-10(7-5-8)9(2)12-11-3/h4-7,11H,1-3H3/b12-9+. The zero-order valence-electron chi connectivity index (χ0n) is 7.76. The van der Waals surface area contributed by atoms with Crippen molar-refractivity contribution in [3.63, 3.8) is 0 Å². The zero-order chi connectivity index (χ0) is 8.97. The highest BCUT2D eigenvalue weighted by Crippen LogP contribution is 2.03. The summed E-state index contributed by atoms with van der Waals surface area (Å²) in [4.78, 5) is 0. The van der Waals surface area contributed by atoms with Crippen LogP contribution in [0.1, 0.15) is 18.1 Å². The molecular formula is C10H14N2. The van der Waals surface area contributed by atoms with Gasteiger partial charge in [0.25, 0.3) is 0 Å². The van der Waals surface area contributed by atoms with Crippen molar-refractivity contribution in [3.8, 4) is 0 Å². The van der Waals surface area contributed by atoms with E-state index >= 15 is 0 Å². The van der Waals surface area contributed by atoms with E-state index in [2.05, 4.69) is 41.7 Å².